The van der Waals surface area contributed by atoms with Crippen molar-refractivity contribution in [3.05, 3.63) is 45.7 Å². The van der Waals surface area contributed by atoms with Crippen LogP contribution in [0.25, 0.3) is 0 Å². The van der Waals surface area contributed by atoms with E-state index >= 15 is 0 Å². The number of nitrogens with zero attached hydrogens (tertiary/aromatic N) is 2. The van der Waals surface area contributed by atoms with Crippen LogP contribution in [0.4, 0.5) is 0 Å². The second-order valence-electron chi connectivity index (χ2n) is 3.74. The second-order valence-corrected chi connectivity index (χ2v) is 5.00. The summed E-state index contributed by atoms with van der Waals surface area (Å²) in [5.74, 6) is 0. The highest BCUT2D eigenvalue weighted by Crippen LogP contribution is 2.27. The number of pyridine rings is 1. The molecular formula is C12H15N3S. The Morgan fingerprint density at radius 2 is 2.12 bits per heavy atom. The molecule has 16 heavy (non-hydrogen) atoms. The molecule has 1 N–H and O–H groups in total. The van der Waals surface area contributed by atoms with E-state index in [4.69, 9.17) is 0 Å². The fraction of sp³-hybridized carbons (Fsp3) is 0.333. The molecular weight excluding hydrogens is 218 g/mol. The standard InChI is InChI=1S/C12H15N3S/c1-8-4-5-14-6-10(8)12(13-3)11-7-15-9(2)16-11/h4-7,12-13H,1-3H3. The fourth-order valence-electron chi connectivity index (χ4n) is 1.74. The molecule has 2 heterocycles. The predicted octanol–water partition coefficient (Wildman–Crippen LogP) is 2.46. The molecule has 0 saturated heterocycles. The van der Waals surface area contributed by atoms with Gasteiger partial charge in [-0.15, -0.1) is 11.3 Å². The summed E-state index contributed by atoms with van der Waals surface area (Å²) in [4.78, 5) is 9.72. The largest absolute Gasteiger partial charge is 0.309 e. The third kappa shape index (κ3) is 2.13. The summed E-state index contributed by atoms with van der Waals surface area (Å²) in [6, 6.07) is 2.23. The number of rotatable bonds is 3. The zero-order valence-corrected chi connectivity index (χ0v) is 10.5. The average molecular weight is 233 g/mol. The summed E-state index contributed by atoms with van der Waals surface area (Å²) in [5.41, 5.74) is 2.47. The van der Waals surface area contributed by atoms with Gasteiger partial charge in [-0.1, -0.05) is 0 Å². The van der Waals surface area contributed by atoms with Gasteiger partial charge in [0.2, 0.25) is 0 Å². The first kappa shape index (κ1) is 11.2. The summed E-state index contributed by atoms with van der Waals surface area (Å²) >= 11 is 1.72. The van der Waals surface area contributed by atoms with Gasteiger partial charge in [0, 0.05) is 23.5 Å². The van der Waals surface area contributed by atoms with Crippen molar-refractivity contribution in [1.82, 2.24) is 15.3 Å². The van der Waals surface area contributed by atoms with Crippen molar-refractivity contribution < 1.29 is 0 Å². The number of hydrogen-bond donors (Lipinski definition) is 1. The van der Waals surface area contributed by atoms with Gasteiger partial charge in [0.15, 0.2) is 0 Å². The minimum Gasteiger partial charge on any atom is -0.309 e. The van der Waals surface area contributed by atoms with Crippen molar-refractivity contribution in [2.75, 3.05) is 7.05 Å². The maximum Gasteiger partial charge on any atom is 0.0897 e. The Balaban J connectivity index is 2.40. The van der Waals surface area contributed by atoms with Gasteiger partial charge in [0.05, 0.1) is 11.0 Å². The highest BCUT2D eigenvalue weighted by atomic mass is 32.1. The van der Waals surface area contributed by atoms with Crippen LogP contribution in [0.15, 0.2) is 24.7 Å². The van der Waals surface area contributed by atoms with Gasteiger partial charge in [0.25, 0.3) is 0 Å². The number of hydrogen-bond acceptors (Lipinski definition) is 4. The molecule has 0 spiro atoms. The first-order chi connectivity index (χ1) is 7.72. The van der Waals surface area contributed by atoms with E-state index in [9.17, 15) is 0 Å². The summed E-state index contributed by atoms with van der Waals surface area (Å²) in [5, 5.41) is 4.41. The van der Waals surface area contributed by atoms with E-state index in [0.29, 0.717) is 0 Å². The molecule has 3 nitrogen and oxygen atoms in total. The van der Waals surface area contributed by atoms with Crippen LogP contribution >= 0.6 is 11.3 Å². The molecule has 0 aliphatic heterocycles. The smallest absolute Gasteiger partial charge is 0.0897 e. The van der Waals surface area contributed by atoms with Crippen LogP contribution in [-0.2, 0) is 0 Å². The Morgan fingerprint density at radius 3 is 2.69 bits per heavy atom. The summed E-state index contributed by atoms with van der Waals surface area (Å²) in [7, 11) is 1.96. The zero-order chi connectivity index (χ0) is 11.5. The fourth-order valence-corrected chi connectivity index (χ4v) is 2.66. The minimum absolute atomic E-state index is 0.194. The maximum absolute atomic E-state index is 4.30. The average Bonchev–Trinajstić information content (AvgIpc) is 2.69. The lowest BCUT2D eigenvalue weighted by atomic mass is 10.0. The third-order valence-electron chi connectivity index (χ3n) is 2.60. The molecule has 2 aromatic heterocycles. The number of aromatic nitrogens is 2. The number of nitrogens with one attached hydrogen (secondary N) is 1. The van der Waals surface area contributed by atoms with Gasteiger partial charge in [-0.3, -0.25) is 4.98 Å². The van der Waals surface area contributed by atoms with Crippen molar-refractivity contribution in [1.29, 1.82) is 0 Å². The summed E-state index contributed by atoms with van der Waals surface area (Å²) in [6.07, 6.45) is 5.68. The van der Waals surface area contributed by atoms with E-state index in [-0.39, 0.29) is 6.04 Å². The van der Waals surface area contributed by atoms with Crippen LogP contribution in [-0.4, -0.2) is 17.0 Å². The molecule has 0 saturated carbocycles. The van der Waals surface area contributed by atoms with Crippen LogP contribution in [0.1, 0.15) is 27.1 Å². The van der Waals surface area contributed by atoms with Crippen molar-refractivity contribution in [3.63, 3.8) is 0 Å². The molecule has 2 aromatic rings. The second kappa shape index (κ2) is 4.72. The highest BCUT2D eigenvalue weighted by Gasteiger charge is 2.16. The molecule has 0 aliphatic carbocycles. The van der Waals surface area contributed by atoms with E-state index in [2.05, 4.69) is 22.2 Å². The SMILES string of the molecule is CNC(c1cnc(C)s1)c1cnccc1C. The van der Waals surface area contributed by atoms with E-state index in [1.54, 1.807) is 11.3 Å². The third-order valence-corrected chi connectivity index (χ3v) is 3.58. The van der Waals surface area contributed by atoms with E-state index in [1.807, 2.05) is 38.6 Å². The Kier molecular flexibility index (Phi) is 3.31. The predicted molar refractivity (Wildman–Crippen MR) is 66.7 cm³/mol. The van der Waals surface area contributed by atoms with Crippen molar-refractivity contribution in [2.45, 2.75) is 19.9 Å². The van der Waals surface area contributed by atoms with Crippen molar-refractivity contribution in [3.8, 4) is 0 Å². The quantitative estimate of drug-likeness (QED) is 0.885. The first-order valence-corrected chi connectivity index (χ1v) is 6.04. The molecule has 84 valence electrons. The van der Waals surface area contributed by atoms with E-state index in [1.165, 1.54) is 16.0 Å². The lowest BCUT2D eigenvalue weighted by molar-refractivity contribution is 0.694. The molecule has 0 fully saturated rings. The van der Waals surface area contributed by atoms with E-state index < -0.39 is 0 Å². The number of thiazole rings is 1. The number of aryl methyl sites for hydroxylation is 2. The summed E-state index contributed by atoms with van der Waals surface area (Å²) < 4.78 is 0. The van der Waals surface area contributed by atoms with Crippen molar-refractivity contribution in [2.24, 2.45) is 0 Å². The van der Waals surface area contributed by atoms with Crippen LogP contribution in [0.3, 0.4) is 0 Å². The Bertz CT molecular complexity index is 479. The van der Waals surface area contributed by atoms with Crippen LogP contribution in [0.5, 0.6) is 0 Å². The zero-order valence-electron chi connectivity index (χ0n) is 9.69. The Labute approximate surface area is 99.6 Å². The van der Waals surface area contributed by atoms with Crippen LogP contribution in [0, 0.1) is 13.8 Å². The monoisotopic (exact) mass is 233 g/mol. The molecule has 2 rings (SSSR count). The van der Waals surface area contributed by atoms with Crippen molar-refractivity contribution >= 4 is 11.3 Å². The topological polar surface area (TPSA) is 37.8 Å². The first-order valence-electron chi connectivity index (χ1n) is 5.22. The highest BCUT2D eigenvalue weighted by molar-refractivity contribution is 7.11. The van der Waals surface area contributed by atoms with Gasteiger partial charge in [-0.05, 0) is 38.1 Å². The van der Waals surface area contributed by atoms with Gasteiger partial charge in [-0.2, -0.15) is 0 Å². The van der Waals surface area contributed by atoms with Gasteiger partial charge < -0.3 is 5.32 Å². The molecule has 0 aliphatic rings. The lowest BCUT2D eigenvalue weighted by Crippen LogP contribution is -2.17. The van der Waals surface area contributed by atoms with E-state index in [0.717, 1.165) is 5.01 Å². The molecule has 1 unspecified atom stereocenters. The molecule has 0 aromatic carbocycles. The summed E-state index contributed by atoms with van der Waals surface area (Å²) in [6.45, 7) is 4.13. The van der Waals surface area contributed by atoms with Crippen LogP contribution < -0.4 is 5.32 Å². The van der Waals surface area contributed by atoms with Gasteiger partial charge >= 0.3 is 0 Å². The molecule has 0 amide bonds. The Hall–Kier alpha value is -1.26. The molecule has 4 heteroatoms. The van der Waals surface area contributed by atoms with Crippen LogP contribution in [0.2, 0.25) is 0 Å². The Morgan fingerprint density at radius 1 is 1.31 bits per heavy atom. The normalized spacial score (nSPS) is 12.7. The molecule has 1 atom stereocenters. The van der Waals surface area contributed by atoms with Gasteiger partial charge in [0.1, 0.15) is 0 Å². The molecule has 0 radical (unpaired) electrons. The lowest BCUT2D eigenvalue weighted by Gasteiger charge is -2.16. The van der Waals surface area contributed by atoms with Gasteiger partial charge in [-0.25, -0.2) is 4.98 Å². The minimum atomic E-state index is 0.194. The molecule has 0 bridgehead atoms. The maximum atomic E-state index is 4.30.